The Morgan fingerprint density at radius 2 is 2.00 bits per heavy atom. The van der Waals surface area contributed by atoms with Crippen molar-refractivity contribution in [1.82, 2.24) is 4.90 Å². The van der Waals surface area contributed by atoms with Crippen molar-refractivity contribution in [2.75, 3.05) is 13.6 Å². The summed E-state index contributed by atoms with van der Waals surface area (Å²) in [7, 11) is 2.13. The second-order valence-corrected chi connectivity index (χ2v) is 4.22. The molecule has 2 unspecified atom stereocenters. The van der Waals surface area contributed by atoms with Crippen molar-refractivity contribution >= 4 is 0 Å². The zero-order valence-corrected chi connectivity index (χ0v) is 7.96. The van der Waals surface area contributed by atoms with Gasteiger partial charge in [0.25, 0.3) is 0 Å². The van der Waals surface area contributed by atoms with Crippen molar-refractivity contribution in [3.63, 3.8) is 0 Å². The SMILES string of the molecule is CC1C(O)CCN(C)C1(C)C. The van der Waals surface area contributed by atoms with Crippen LogP contribution in [0.5, 0.6) is 0 Å². The highest BCUT2D eigenvalue weighted by Crippen LogP contribution is 2.31. The smallest absolute Gasteiger partial charge is 0.0595 e. The van der Waals surface area contributed by atoms with Gasteiger partial charge in [0.2, 0.25) is 0 Å². The Hall–Kier alpha value is -0.0800. The molecule has 66 valence electrons. The molecule has 0 amide bonds. The van der Waals surface area contributed by atoms with Gasteiger partial charge in [-0.2, -0.15) is 0 Å². The van der Waals surface area contributed by atoms with Gasteiger partial charge in [0.05, 0.1) is 6.10 Å². The molecule has 0 spiro atoms. The van der Waals surface area contributed by atoms with Crippen LogP contribution >= 0.6 is 0 Å². The van der Waals surface area contributed by atoms with E-state index in [0.717, 1.165) is 13.0 Å². The molecule has 2 heteroatoms. The van der Waals surface area contributed by atoms with Gasteiger partial charge in [-0.3, -0.25) is 0 Å². The van der Waals surface area contributed by atoms with E-state index in [1.165, 1.54) is 0 Å². The van der Waals surface area contributed by atoms with E-state index in [1.54, 1.807) is 0 Å². The number of piperidine rings is 1. The third kappa shape index (κ3) is 1.42. The van der Waals surface area contributed by atoms with Gasteiger partial charge in [-0.05, 0) is 33.2 Å². The quantitative estimate of drug-likeness (QED) is 0.569. The van der Waals surface area contributed by atoms with Crippen molar-refractivity contribution in [2.24, 2.45) is 5.92 Å². The maximum absolute atomic E-state index is 9.60. The Labute approximate surface area is 69.2 Å². The molecule has 1 fully saturated rings. The van der Waals surface area contributed by atoms with Crippen LogP contribution in [0.2, 0.25) is 0 Å². The molecule has 0 aromatic rings. The van der Waals surface area contributed by atoms with Crippen LogP contribution in [-0.2, 0) is 0 Å². The molecule has 2 atom stereocenters. The standard InChI is InChI=1S/C9H19NO/c1-7-8(11)5-6-10(4)9(7,2)3/h7-8,11H,5-6H2,1-4H3. The van der Waals surface area contributed by atoms with Gasteiger partial charge in [-0.1, -0.05) is 6.92 Å². The molecule has 0 radical (unpaired) electrons. The van der Waals surface area contributed by atoms with Gasteiger partial charge < -0.3 is 10.0 Å². The fourth-order valence-electron chi connectivity index (χ4n) is 1.68. The average molecular weight is 157 g/mol. The van der Waals surface area contributed by atoms with Gasteiger partial charge in [-0.25, -0.2) is 0 Å². The molecule has 2 nitrogen and oxygen atoms in total. The first-order valence-electron chi connectivity index (χ1n) is 4.35. The van der Waals surface area contributed by atoms with Crippen molar-refractivity contribution in [3.8, 4) is 0 Å². The summed E-state index contributed by atoms with van der Waals surface area (Å²) in [5.41, 5.74) is 0.150. The lowest BCUT2D eigenvalue weighted by Crippen LogP contribution is -2.55. The minimum absolute atomic E-state index is 0.110. The first-order valence-corrected chi connectivity index (χ1v) is 4.35. The Balaban J connectivity index is 2.72. The maximum atomic E-state index is 9.60. The van der Waals surface area contributed by atoms with Gasteiger partial charge in [0, 0.05) is 12.1 Å². The van der Waals surface area contributed by atoms with Crippen molar-refractivity contribution in [3.05, 3.63) is 0 Å². The second-order valence-electron chi connectivity index (χ2n) is 4.22. The average Bonchev–Trinajstić information content (AvgIpc) is 1.95. The fraction of sp³-hybridized carbons (Fsp3) is 1.00. The minimum atomic E-state index is -0.110. The lowest BCUT2D eigenvalue weighted by Gasteiger charge is -2.47. The van der Waals surface area contributed by atoms with Crippen LogP contribution < -0.4 is 0 Å². The largest absolute Gasteiger partial charge is 0.393 e. The minimum Gasteiger partial charge on any atom is -0.393 e. The van der Waals surface area contributed by atoms with Gasteiger partial charge >= 0.3 is 0 Å². The van der Waals surface area contributed by atoms with Gasteiger partial charge in [0.15, 0.2) is 0 Å². The third-order valence-electron chi connectivity index (χ3n) is 3.44. The van der Waals surface area contributed by atoms with Gasteiger partial charge in [0.1, 0.15) is 0 Å². The first kappa shape index (κ1) is 9.01. The molecular formula is C9H19NO. The van der Waals surface area contributed by atoms with Crippen molar-refractivity contribution in [1.29, 1.82) is 0 Å². The van der Waals surface area contributed by atoms with E-state index in [9.17, 15) is 5.11 Å². The molecule has 1 N–H and O–H groups in total. The van der Waals surface area contributed by atoms with E-state index < -0.39 is 0 Å². The van der Waals surface area contributed by atoms with Crippen LogP contribution in [0.1, 0.15) is 27.2 Å². The third-order valence-corrected chi connectivity index (χ3v) is 3.44. The molecular weight excluding hydrogens is 138 g/mol. The first-order chi connectivity index (χ1) is 4.96. The molecule has 1 rings (SSSR count). The molecule has 1 aliphatic rings. The van der Waals surface area contributed by atoms with E-state index in [2.05, 4.69) is 32.7 Å². The number of hydrogen-bond acceptors (Lipinski definition) is 2. The number of nitrogens with zero attached hydrogens (tertiary/aromatic N) is 1. The van der Waals surface area contributed by atoms with E-state index in [0.29, 0.717) is 5.92 Å². The van der Waals surface area contributed by atoms with E-state index in [-0.39, 0.29) is 11.6 Å². The molecule has 0 aromatic heterocycles. The molecule has 11 heavy (non-hydrogen) atoms. The predicted molar refractivity (Wildman–Crippen MR) is 46.5 cm³/mol. The summed E-state index contributed by atoms with van der Waals surface area (Å²) >= 11 is 0. The lowest BCUT2D eigenvalue weighted by molar-refractivity contribution is -0.0402. The van der Waals surface area contributed by atoms with Gasteiger partial charge in [-0.15, -0.1) is 0 Å². The Kier molecular flexibility index (Phi) is 2.26. The van der Waals surface area contributed by atoms with Crippen LogP contribution in [0.15, 0.2) is 0 Å². The summed E-state index contributed by atoms with van der Waals surface area (Å²) in [6.45, 7) is 7.53. The second kappa shape index (κ2) is 2.76. The summed E-state index contributed by atoms with van der Waals surface area (Å²) in [5, 5.41) is 9.60. The number of aliphatic hydroxyl groups excluding tert-OH is 1. The number of aliphatic hydroxyl groups is 1. The van der Waals surface area contributed by atoms with Crippen LogP contribution in [0, 0.1) is 5.92 Å². The molecule has 0 bridgehead atoms. The number of likely N-dealkylation sites (tertiary alicyclic amines) is 1. The zero-order valence-electron chi connectivity index (χ0n) is 7.96. The Bertz CT molecular complexity index is 144. The highest BCUT2D eigenvalue weighted by atomic mass is 16.3. The molecule has 1 heterocycles. The molecule has 0 saturated carbocycles. The highest BCUT2D eigenvalue weighted by molar-refractivity contribution is 4.92. The molecule has 0 aromatic carbocycles. The predicted octanol–water partition coefficient (Wildman–Crippen LogP) is 1.10. The highest BCUT2D eigenvalue weighted by Gasteiger charge is 2.38. The summed E-state index contributed by atoms with van der Waals surface area (Å²) < 4.78 is 0. The van der Waals surface area contributed by atoms with Crippen LogP contribution in [-0.4, -0.2) is 35.2 Å². The summed E-state index contributed by atoms with van der Waals surface area (Å²) in [6, 6.07) is 0. The van der Waals surface area contributed by atoms with E-state index >= 15 is 0 Å². The Morgan fingerprint density at radius 3 is 2.45 bits per heavy atom. The van der Waals surface area contributed by atoms with Crippen LogP contribution in [0.4, 0.5) is 0 Å². The van der Waals surface area contributed by atoms with Crippen molar-refractivity contribution < 1.29 is 5.11 Å². The molecule has 1 saturated heterocycles. The lowest BCUT2D eigenvalue weighted by atomic mass is 9.79. The number of hydrogen-bond donors (Lipinski definition) is 1. The van der Waals surface area contributed by atoms with Crippen LogP contribution in [0.3, 0.4) is 0 Å². The monoisotopic (exact) mass is 157 g/mol. The summed E-state index contributed by atoms with van der Waals surface area (Å²) in [5.74, 6) is 0.376. The normalized spacial score (nSPS) is 39.0. The Morgan fingerprint density at radius 1 is 1.45 bits per heavy atom. The molecule has 1 aliphatic heterocycles. The topological polar surface area (TPSA) is 23.5 Å². The van der Waals surface area contributed by atoms with E-state index in [1.807, 2.05) is 0 Å². The fourth-order valence-corrected chi connectivity index (χ4v) is 1.68. The van der Waals surface area contributed by atoms with E-state index in [4.69, 9.17) is 0 Å². The zero-order chi connectivity index (χ0) is 8.65. The number of rotatable bonds is 0. The molecule has 0 aliphatic carbocycles. The van der Waals surface area contributed by atoms with Crippen molar-refractivity contribution in [2.45, 2.75) is 38.8 Å². The maximum Gasteiger partial charge on any atom is 0.0595 e. The summed E-state index contributed by atoms with van der Waals surface area (Å²) in [4.78, 5) is 2.32. The summed E-state index contributed by atoms with van der Waals surface area (Å²) in [6.07, 6.45) is 0.808. The van der Waals surface area contributed by atoms with Crippen LogP contribution in [0.25, 0.3) is 0 Å².